The lowest BCUT2D eigenvalue weighted by molar-refractivity contribution is -0.120. The number of carbonyl (C=O) groups excluding carboxylic acids is 1. The zero-order valence-corrected chi connectivity index (χ0v) is 11.8. The molecule has 3 N–H and O–H groups in total. The minimum atomic E-state index is -0.879. The molecule has 0 aliphatic rings. The first-order valence-corrected chi connectivity index (χ1v) is 6.53. The minimum Gasteiger partial charge on any atom is -0.325 e. The fourth-order valence-corrected chi connectivity index (χ4v) is 1.73. The highest BCUT2D eigenvalue weighted by atomic mass is 16.2. The molecule has 0 atom stereocenters. The van der Waals surface area contributed by atoms with Gasteiger partial charge in [0.05, 0.1) is 5.54 Å². The lowest BCUT2D eigenvalue weighted by Gasteiger charge is -2.17. The fourth-order valence-electron chi connectivity index (χ4n) is 1.73. The van der Waals surface area contributed by atoms with Crippen molar-refractivity contribution in [2.24, 2.45) is 5.73 Å². The van der Waals surface area contributed by atoms with E-state index in [0.29, 0.717) is 0 Å². The van der Waals surface area contributed by atoms with Crippen LogP contribution in [0.4, 0.5) is 5.69 Å². The molecular weight excluding hydrogens is 250 g/mol. The van der Waals surface area contributed by atoms with Gasteiger partial charge in [0.15, 0.2) is 0 Å². The first-order chi connectivity index (χ1) is 9.45. The number of hydrogen-bond donors (Lipinski definition) is 2. The molecule has 0 aliphatic carbocycles. The number of benzene rings is 1. The van der Waals surface area contributed by atoms with Gasteiger partial charge in [0.2, 0.25) is 5.91 Å². The van der Waals surface area contributed by atoms with Crippen LogP contribution in [0.25, 0.3) is 0 Å². The quantitative estimate of drug-likeness (QED) is 0.895. The number of hydrogen-bond acceptors (Lipinski definition) is 3. The van der Waals surface area contributed by atoms with E-state index in [9.17, 15) is 4.79 Å². The fraction of sp³-hybridized carbons (Fsp3) is 0.250. The normalized spacial score (nSPS) is 11.2. The van der Waals surface area contributed by atoms with E-state index < -0.39 is 5.54 Å². The van der Waals surface area contributed by atoms with E-state index in [-0.39, 0.29) is 5.91 Å². The number of pyridine rings is 1. The van der Waals surface area contributed by atoms with Crippen molar-refractivity contribution in [1.29, 1.82) is 0 Å². The van der Waals surface area contributed by atoms with Gasteiger partial charge in [0.1, 0.15) is 0 Å². The van der Waals surface area contributed by atoms with E-state index in [0.717, 1.165) is 12.1 Å². The second-order valence-electron chi connectivity index (χ2n) is 5.40. The molecule has 1 heterocycles. The maximum absolute atomic E-state index is 11.8. The Morgan fingerprint density at radius 1 is 1.10 bits per heavy atom. The number of aromatic nitrogens is 1. The number of amides is 1. The molecular formula is C16H19N3O. The van der Waals surface area contributed by atoms with E-state index in [1.807, 2.05) is 36.4 Å². The lowest BCUT2D eigenvalue weighted by atomic mass is 10.0. The van der Waals surface area contributed by atoms with Gasteiger partial charge in [-0.1, -0.05) is 12.1 Å². The van der Waals surface area contributed by atoms with Gasteiger partial charge in [-0.3, -0.25) is 9.78 Å². The third-order valence-corrected chi connectivity index (χ3v) is 2.95. The van der Waals surface area contributed by atoms with Crippen LogP contribution >= 0.6 is 0 Å². The molecule has 1 amide bonds. The maximum Gasteiger partial charge on any atom is 0.243 e. The summed E-state index contributed by atoms with van der Waals surface area (Å²) >= 11 is 0. The van der Waals surface area contributed by atoms with Crippen LogP contribution in [0.5, 0.6) is 0 Å². The highest BCUT2D eigenvalue weighted by Gasteiger charge is 2.21. The molecule has 104 valence electrons. The van der Waals surface area contributed by atoms with Gasteiger partial charge in [0, 0.05) is 18.1 Å². The van der Waals surface area contributed by atoms with Gasteiger partial charge >= 0.3 is 0 Å². The summed E-state index contributed by atoms with van der Waals surface area (Å²) < 4.78 is 0. The Balaban J connectivity index is 2.02. The number of rotatable bonds is 4. The van der Waals surface area contributed by atoms with Gasteiger partial charge in [0.25, 0.3) is 0 Å². The molecule has 1 aromatic heterocycles. The zero-order valence-electron chi connectivity index (χ0n) is 11.8. The van der Waals surface area contributed by atoms with Crippen molar-refractivity contribution < 1.29 is 4.79 Å². The molecule has 2 aromatic rings. The Kier molecular flexibility index (Phi) is 4.15. The molecule has 1 aromatic carbocycles. The van der Waals surface area contributed by atoms with Gasteiger partial charge in [-0.25, -0.2) is 0 Å². The van der Waals surface area contributed by atoms with E-state index in [2.05, 4.69) is 10.3 Å². The molecule has 0 fully saturated rings. The SMILES string of the molecule is CC(C)(N)C(=O)Nc1ccc(Cc2ccncc2)cc1. The summed E-state index contributed by atoms with van der Waals surface area (Å²) in [5.41, 5.74) is 8.01. The zero-order chi connectivity index (χ0) is 14.6. The average molecular weight is 269 g/mol. The highest BCUT2D eigenvalue weighted by Crippen LogP contribution is 2.14. The number of carbonyl (C=O) groups is 1. The van der Waals surface area contributed by atoms with Crippen molar-refractivity contribution in [2.45, 2.75) is 25.8 Å². The summed E-state index contributed by atoms with van der Waals surface area (Å²) in [4.78, 5) is 15.8. The average Bonchev–Trinajstić information content (AvgIpc) is 2.41. The number of anilines is 1. The summed E-state index contributed by atoms with van der Waals surface area (Å²) in [6, 6.07) is 11.8. The van der Waals surface area contributed by atoms with Crippen molar-refractivity contribution in [3.8, 4) is 0 Å². The van der Waals surface area contributed by atoms with Crippen LogP contribution in [0.15, 0.2) is 48.8 Å². The second-order valence-corrected chi connectivity index (χ2v) is 5.40. The predicted octanol–water partition coefficient (Wildman–Crippen LogP) is 2.35. The molecule has 0 spiro atoms. The van der Waals surface area contributed by atoms with Crippen molar-refractivity contribution in [2.75, 3.05) is 5.32 Å². The van der Waals surface area contributed by atoms with Gasteiger partial charge < -0.3 is 11.1 Å². The standard InChI is InChI=1S/C16H19N3O/c1-16(2,17)15(20)19-14-5-3-12(4-6-14)11-13-7-9-18-10-8-13/h3-10H,11,17H2,1-2H3,(H,19,20). The number of nitrogens with one attached hydrogen (secondary N) is 1. The van der Waals surface area contributed by atoms with E-state index in [4.69, 9.17) is 5.73 Å². The molecule has 4 heteroatoms. The highest BCUT2D eigenvalue weighted by molar-refractivity contribution is 5.97. The van der Waals surface area contributed by atoms with Crippen LogP contribution in [-0.2, 0) is 11.2 Å². The van der Waals surface area contributed by atoms with Gasteiger partial charge in [-0.2, -0.15) is 0 Å². The van der Waals surface area contributed by atoms with Crippen LogP contribution in [0.1, 0.15) is 25.0 Å². The summed E-state index contributed by atoms with van der Waals surface area (Å²) in [6.45, 7) is 3.36. The molecule has 0 radical (unpaired) electrons. The van der Waals surface area contributed by atoms with Crippen molar-refractivity contribution in [1.82, 2.24) is 4.98 Å². The maximum atomic E-state index is 11.8. The van der Waals surface area contributed by atoms with Gasteiger partial charge in [-0.05, 0) is 55.7 Å². The monoisotopic (exact) mass is 269 g/mol. The van der Waals surface area contributed by atoms with Crippen LogP contribution in [0.3, 0.4) is 0 Å². The summed E-state index contributed by atoms with van der Waals surface area (Å²) in [7, 11) is 0. The van der Waals surface area contributed by atoms with Crippen molar-refractivity contribution in [3.63, 3.8) is 0 Å². The molecule has 0 saturated heterocycles. The van der Waals surface area contributed by atoms with Crippen LogP contribution in [0, 0.1) is 0 Å². The largest absolute Gasteiger partial charge is 0.325 e. The lowest BCUT2D eigenvalue weighted by Crippen LogP contribution is -2.45. The smallest absolute Gasteiger partial charge is 0.243 e. The van der Waals surface area contributed by atoms with E-state index in [1.165, 1.54) is 11.1 Å². The Morgan fingerprint density at radius 3 is 2.20 bits per heavy atom. The van der Waals surface area contributed by atoms with Crippen LogP contribution in [-0.4, -0.2) is 16.4 Å². The predicted molar refractivity (Wildman–Crippen MR) is 80.4 cm³/mol. The van der Waals surface area contributed by atoms with E-state index in [1.54, 1.807) is 26.2 Å². The topological polar surface area (TPSA) is 68.0 Å². The molecule has 0 bridgehead atoms. The Hall–Kier alpha value is -2.20. The first-order valence-electron chi connectivity index (χ1n) is 6.53. The second kappa shape index (κ2) is 5.84. The number of nitrogens with zero attached hydrogens (tertiary/aromatic N) is 1. The molecule has 20 heavy (non-hydrogen) atoms. The van der Waals surface area contributed by atoms with Crippen LogP contribution < -0.4 is 11.1 Å². The van der Waals surface area contributed by atoms with Crippen LogP contribution in [0.2, 0.25) is 0 Å². The molecule has 2 rings (SSSR count). The Labute approximate surface area is 119 Å². The number of nitrogens with two attached hydrogens (primary N) is 1. The molecule has 4 nitrogen and oxygen atoms in total. The molecule has 0 aliphatic heterocycles. The summed E-state index contributed by atoms with van der Waals surface area (Å²) in [6.07, 6.45) is 4.42. The summed E-state index contributed by atoms with van der Waals surface area (Å²) in [5.74, 6) is -0.195. The Morgan fingerprint density at radius 2 is 1.65 bits per heavy atom. The third-order valence-electron chi connectivity index (χ3n) is 2.95. The van der Waals surface area contributed by atoms with E-state index >= 15 is 0 Å². The third kappa shape index (κ3) is 3.90. The summed E-state index contributed by atoms with van der Waals surface area (Å²) in [5, 5.41) is 2.80. The van der Waals surface area contributed by atoms with Gasteiger partial charge in [-0.15, -0.1) is 0 Å². The molecule has 0 saturated carbocycles. The molecule has 0 unspecified atom stereocenters. The van der Waals surface area contributed by atoms with Crippen molar-refractivity contribution in [3.05, 3.63) is 59.9 Å². The van der Waals surface area contributed by atoms with Crippen molar-refractivity contribution >= 4 is 11.6 Å². The first kappa shape index (κ1) is 14.2. The minimum absolute atomic E-state index is 0.195. The Bertz CT molecular complexity index is 571.